The van der Waals surface area contributed by atoms with Crippen molar-refractivity contribution in [3.63, 3.8) is 0 Å². The number of nitrogens with zero attached hydrogens (tertiary/aromatic N) is 1. The summed E-state index contributed by atoms with van der Waals surface area (Å²) in [6, 6.07) is 9.88. The summed E-state index contributed by atoms with van der Waals surface area (Å²) in [6.45, 7) is 2.90. The second-order valence-corrected chi connectivity index (χ2v) is 12.6. The number of halogens is 6. The SMILES string of the molecule is CC1CCC2CC(COc3ccc(-c4ccc5nc(C(F)(F)Oc6cc(F)c(F)c(F)c6)sc5c4)c(F)c3)CCC2C1. The summed E-state index contributed by atoms with van der Waals surface area (Å²) in [5.74, 6) is -3.17. The Balaban J connectivity index is 1.13. The number of alkyl halides is 2. The van der Waals surface area contributed by atoms with Gasteiger partial charge in [-0.05, 0) is 85.6 Å². The Labute approximate surface area is 243 Å². The van der Waals surface area contributed by atoms with E-state index in [0.29, 0.717) is 52.0 Å². The van der Waals surface area contributed by atoms with Crippen molar-refractivity contribution >= 4 is 21.6 Å². The van der Waals surface area contributed by atoms with Crippen molar-refractivity contribution in [2.75, 3.05) is 6.61 Å². The van der Waals surface area contributed by atoms with Gasteiger partial charge in [0.2, 0.25) is 5.01 Å². The standard InChI is InChI=1S/C32H29F6NO2S/c1-17-2-4-20-11-18(3-5-19(20)10-17)16-40-22-7-8-24(25(33)13-22)21-6-9-28-29(12-21)42-31(39-28)32(37,38)41-23-14-26(34)30(36)27(35)15-23/h6-9,12-15,17-20H,2-5,10-11,16H2,1H3. The number of rotatable bonds is 7. The molecule has 10 heteroatoms. The van der Waals surface area contributed by atoms with Crippen LogP contribution in [0.5, 0.6) is 11.5 Å². The van der Waals surface area contributed by atoms with Gasteiger partial charge in [-0.1, -0.05) is 19.4 Å². The van der Waals surface area contributed by atoms with Gasteiger partial charge in [0.05, 0.1) is 16.8 Å². The van der Waals surface area contributed by atoms with Crippen LogP contribution in [-0.2, 0) is 6.11 Å². The van der Waals surface area contributed by atoms with Gasteiger partial charge in [-0.2, -0.15) is 8.78 Å². The zero-order valence-electron chi connectivity index (χ0n) is 22.8. The summed E-state index contributed by atoms with van der Waals surface area (Å²) in [5.41, 5.74) is 0.941. The number of benzene rings is 3. The number of thiazole rings is 1. The van der Waals surface area contributed by atoms with Crippen LogP contribution in [0, 0.1) is 46.9 Å². The molecule has 2 aliphatic carbocycles. The Morgan fingerprint density at radius 1 is 0.833 bits per heavy atom. The monoisotopic (exact) mass is 605 g/mol. The molecule has 0 spiro atoms. The lowest BCUT2D eigenvalue weighted by Gasteiger charge is -2.41. The van der Waals surface area contributed by atoms with Crippen molar-refractivity contribution in [2.45, 2.75) is 51.6 Å². The summed E-state index contributed by atoms with van der Waals surface area (Å²) in [6.07, 6.45) is 3.39. The van der Waals surface area contributed by atoms with Crippen LogP contribution in [0.15, 0.2) is 48.5 Å². The van der Waals surface area contributed by atoms with Crippen molar-refractivity contribution in [2.24, 2.45) is 23.7 Å². The molecule has 2 saturated carbocycles. The highest BCUT2D eigenvalue weighted by Gasteiger charge is 2.39. The molecule has 1 heterocycles. The third-order valence-corrected chi connectivity index (χ3v) is 9.63. The molecule has 2 fully saturated rings. The molecule has 6 rings (SSSR count). The predicted molar refractivity (Wildman–Crippen MR) is 149 cm³/mol. The summed E-state index contributed by atoms with van der Waals surface area (Å²) < 4.78 is 95.6. The van der Waals surface area contributed by atoms with Crippen LogP contribution in [0.4, 0.5) is 26.3 Å². The fourth-order valence-electron chi connectivity index (χ4n) is 6.41. The third kappa shape index (κ3) is 5.96. The van der Waals surface area contributed by atoms with E-state index in [1.807, 2.05) is 0 Å². The minimum absolute atomic E-state index is 0.209. The fraction of sp³-hybridized carbons (Fsp3) is 0.406. The molecule has 0 N–H and O–H groups in total. The highest BCUT2D eigenvalue weighted by molar-refractivity contribution is 7.18. The lowest BCUT2D eigenvalue weighted by atomic mass is 9.65. The number of hydrogen-bond donors (Lipinski definition) is 0. The first-order chi connectivity index (χ1) is 20.1. The molecule has 1 aromatic heterocycles. The Morgan fingerprint density at radius 2 is 1.55 bits per heavy atom. The molecule has 0 amide bonds. The van der Waals surface area contributed by atoms with E-state index in [0.717, 1.165) is 30.6 Å². The fourth-order valence-corrected chi connectivity index (χ4v) is 7.32. The molecule has 3 aromatic carbocycles. The smallest absolute Gasteiger partial charge is 0.454 e. The van der Waals surface area contributed by atoms with E-state index in [1.165, 1.54) is 43.9 Å². The van der Waals surface area contributed by atoms with Gasteiger partial charge in [0.1, 0.15) is 17.3 Å². The van der Waals surface area contributed by atoms with Crippen LogP contribution in [0.3, 0.4) is 0 Å². The number of hydrogen-bond acceptors (Lipinski definition) is 4. The van der Waals surface area contributed by atoms with Crippen molar-refractivity contribution < 1.29 is 35.8 Å². The highest BCUT2D eigenvalue weighted by atomic mass is 32.1. The Bertz CT molecular complexity index is 1580. The third-order valence-electron chi connectivity index (χ3n) is 8.56. The van der Waals surface area contributed by atoms with Crippen LogP contribution >= 0.6 is 11.3 Å². The first-order valence-electron chi connectivity index (χ1n) is 14.1. The van der Waals surface area contributed by atoms with Crippen molar-refractivity contribution in [3.05, 3.63) is 76.8 Å². The molecule has 0 aliphatic heterocycles. The summed E-state index contributed by atoms with van der Waals surface area (Å²) in [5, 5.41) is -0.777. The van der Waals surface area contributed by atoms with Crippen LogP contribution in [0.25, 0.3) is 21.3 Å². The lowest BCUT2D eigenvalue weighted by molar-refractivity contribution is -0.185. The Hall–Kier alpha value is -3.27. The van der Waals surface area contributed by atoms with Crippen LogP contribution in [0.2, 0.25) is 0 Å². The zero-order valence-corrected chi connectivity index (χ0v) is 23.6. The average molecular weight is 606 g/mol. The topological polar surface area (TPSA) is 31.4 Å². The van der Waals surface area contributed by atoms with E-state index in [-0.39, 0.29) is 11.1 Å². The first-order valence-corrected chi connectivity index (χ1v) is 14.9. The van der Waals surface area contributed by atoms with Gasteiger partial charge in [-0.3, -0.25) is 0 Å². The van der Waals surface area contributed by atoms with Crippen LogP contribution in [0.1, 0.15) is 50.5 Å². The second kappa shape index (κ2) is 11.4. The van der Waals surface area contributed by atoms with Gasteiger partial charge < -0.3 is 9.47 Å². The molecule has 0 saturated heterocycles. The van der Waals surface area contributed by atoms with E-state index < -0.39 is 40.1 Å². The van der Waals surface area contributed by atoms with Gasteiger partial charge in [0.25, 0.3) is 0 Å². The van der Waals surface area contributed by atoms with Gasteiger partial charge in [-0.25, -0.2) is 22.5 Å². The second-order valence-electron chi connectivity index (χ2n) is 11.6. The van der Waals surface area contributed by atoms with Gasteiger partial charge in [0.15, 0.2) is 17.5 Å². The molecular weight excluding hydrogens is 576 g/mol. The molecule has 2 aliphatic rings. The highest BCUT2D eigenvalue weighted by Crippen LogP contribution is 2.45. The largest absolute Gasteiger partial charge is 0.493 e. The van der Waals surface area contributed by atoms with Gasteiger partial charge in [-0.15, -0.1) is 11.3 Å². The van der Waals surface area contributed by atoms with Crippen LogP contribution < -0.4 is 9.47 Å². The molecular formula is C32H29F6NO2S. The van der Waals surface area contributed by atoms with Crippen molar-refractivity contribution in [1.82, 2.24) is 4.98 Å². The normalized spacial score (nSPS) is 22.6. The molecule has 4 unspecified atom stereocenters. The van der Waals surface area contributed by atoms with E-state index in [1.54, 1.807) is 18.2 Å². The maximum absolute atomic E-state index is 15.2. The first kappa shape index (κ1) is 28.8. The minimum atomic E-state index is -4.06. The summed E-state index contributed by atoms with van der Waals surface area (Å²) >= 11 is 0.590. The number of aromatic nitrogens is 1. The molecule has 3 nitrogen and oxygen atoms in total. The molecule has 4 atom stereocenters. The molecule has 222 valence electrons. The lowest BCUT2D eigenvalue weighted by Crippen LogP contribution is -2.32. The Kier molecular flexibility index (Phi) is 7.85. The molecule has 42 heavy (non-hydrogen) atoms. The van der Waals surface area contributed by atoms with Gasteiger partial charge in [0, 0.05) is 23.8 Å². The van der Waals surface area contributed by atoms with E-state index in [4.69, 9.17) is 4.74 Å². The molecule has 0 radical (unpaired) electrons. The number of fused-ring (bicyclic) bond motifs is 2. The number of ether oxygens (including phenoxy) is 2. The average Bonchev–Trinajstić information content (AvgIpc) is 3.39. The molecule has 4 aromatic rings. The maximum Gasteiger partial charge on any atom is 0.454 e. The summed E-state index contributed by atoms with van der Waals surface area (Å²) in [7, 11) is 0. The van der Waals surface area contributed by atoms with Crippen LogP contribution in [-0.4, -0.2) is 11.6 Å². The van der Waals surface area contributed by atoms with E-state index >= 15 is 4.39 Å². The maximum atomic E-state index is 15.2. The quantitative estimate of drug-likeness (QED) is 0.155. The predicted octanol–water partition coefficient (Wildman–Crippen LogP) is 9.88. The van der Waals surface area contributed by atoms with Crippen molar-refractivity contribution in [3.8, 4) is 22.6 Å². The van der Waals surface area contributed by atoms with Gasteiger partial charge >= 0.3 is 6.11 Å². The van der Waals surface area contributed by atoms with E-state index in [2.05, 4.69) is 16.6 Å². The minimum Gasteiger partial charge on any atom is -0.493 e. The van der Waals surface area contributed by atoms with Crippen molar-refractivity contribution in [1.29, 1.82) is 0 Å². The molecule has 0 bridgehead atoms. The Morgan fingerprint density at radius 3 is 2.31 bits per heavy atom. The van der Waals surface area contributed by atoms with E-state index in [9.17, 15) is 22.0 Å². The summed E-state index contributed by atoms with van der Waals surface area (Å²) in [4.78, 5) is 3.88. The zero-order chi connectivity index (χ0) is 29.6.